The van der Waals surface area contributed by atoms with Crippen molar-refractivity contribution in [2.24, 2.45) is 4.99 Å². The summed E-state index contributed by atoms with van der Waals surface area (Å²) >= 11 is 0. The average molecular weight is 487 g/mol. The van der Waals surface area contributed by atoms with Gasteiger partial charge in [-0.15, -0.1) is 24.0 Å². The molecule has 1 aromatic carbocycles. The van der Waals surface area contributed by atoms with Gasteiger partial charge in [-0.05, 0) is 38.4 Å². The van der Waals surface area contributed by atoms with Crippen LogP contribution >= 0.6 is 24.0 Å². The summed E-state index contributed by atoms with van der Waals surface area (Å²) in [6.45, 7) is 8.22. The fraction of sp³-hybridized carbons (Fsp3) is 0.600. The van der Waals surface area contributed by atoms with Crippen LogP contribution in [0.3, 0.4) is 0 Å². The van der Waals surface area contributed by atoms with E-state index in [1.54, 1.807) is 19.0 Å². The molecule has 1 aromatic rings. The van der Waals surface area contributed by atoms with Crippen LogP contribution in [0, 0.1) is 6.92 Å². The number of hydrogen-bond acceptors (Lipinski definition) is 3. The van der Waals surface area contributed by atoms with E-state index >= 15 is 0 Å². The third-order valence-electron chi connectivity index (χ3n) is 4.86. The Morgan fingerprint density at radius 3 is 2.59 bits per heavy atom. The number of nitrogens with one attached hydrogen (secondary N) is 2. The Hall–Kier alpha value is -1.35. The molecule has 1 fully saturated rings. The zero-order chi connectivity index (χ0) is 18.9. The highest BCUT2D eigenvalue weighted by Crippen LogP contribution is 2.15. The van der Waals surface area contributed by atoms with Crippen LogP contribution in [-0.4, -0.2) is 68.0 Å². The molecule has 152 valence electrons. The summed E-state index contributed by atoms with van der Waals surface area (Å²) in [6.07, 6.45) is 2.46. The maximum Gasteiger partial charge on any atom is 0.241 e. The van der Waals surface area contributed by atoms with Crippen molar-refractivity contribution < 1.29 is 4.79 Å². The minimum Gasteiger partial charge on any atom is -0.355 e. The Labute approximate surface area is 180 Å². The van der Waals surface area contributed by atoms with Crippen molar-refractivity contribution >= 4 is 35.8 Å². The maximum absolute atomic E-state index is 11.9. The first kappa shape index (κ1) is 23.7. The van der Waals surface area contributed by atoms with Gasteiger partial charge in [-0.2, -0.15) is 0 Å². The number of carbonyl (C=O) groups is 1. The van der Waals surface area contributed by atoms with Crippen LogP contribution in [0.1, 0.15) is 30.9 Å². The molecule has 1 aliphatic heterocycles. The Kier molecular flexibility index (Phi) is 10.7. The predicted molar refractivity (Wildman–Crippen MR) is 123 cm³/mol. The van der Waals surface area contributed by atoms with Crippen molar-refractivity contribution in [1.29, 1.82) is 0 Å². The number of nitrogens with zero attached hydrogens (tertiary/aromatic N) is 3. The summed E-state index contributed by atoms with van der Waals surface area (Å²) in [6, 6.07) is 8.92. The molecule has 2 rings (SSSR count). The Bertz CT molecular complexity index is 603. The largest absolute Gasteiger partial charge is 0.355 e. The van der Waals surface area contributed by atoms with E-state index in [0.29, 0.717) is 18.5 Å². The van der Waals surface area contributed by atoms with Crippen molar-refractivity contribution in [3.05, 3.63) is 35.4 Å². The second-order valence-corrected chi connectivity index (χ2v) is 7.10. The normalized spacial score (nSPS) is 17.3. The van der Waals surface area contributed by atoms with Crippen LogP contribution in [-0.2, 0) is 11.3 Å². The third kappa shape index (κ3) is 8.04. The minimum atomic E-state index is 0. The summed E-state index contributed by atoms with van der Waals surface area (Å²) in [5.74, 6) is 0.731. The number of halogens is 1. The van der Waals surface area contributed by atoms with Gasteiger partial charge in [0.15, 0.2) is 5.96 Å². The molecule has 1 unspecified atom stereocenters. The lowest BCUT2D eigenvalue weighted by molar-refractivity contribution is -0.127. The summed E-state index contributed by atoms with van der Waals surface area (Å²) in [4.78, 5) is 20.6. The topological polar surface area (TPSA) is 60.0 Å². The Balaban J connectivity index is 0.00000364. The third-order valence-corrected chi connectivity index (χ3v) is 4.86. The smallest absolute Gasteiger partial charge is 0.241 e. The van der Waals surface area contributed by atoms with Crippen molar-refractivity contribution in [3.63, 3.8) is 0 Å². The second-order valence-electron chi connectivity index (χ2n) is 7.10. The quantitative estimate of drug-likeness (QED) is 0.352. The standard InChI is InChI=1S/C20H33N5O.HI/c1-5-25-12-6-7-18(25)14-22-20(23-15-19(26)24(3)4)21-13-17-10-8-16(2)9-11-17;/h8-11,18H,5-7,12-15H2,1-4H3,(H2,21,22,23);1H. The van der Waals surface area contributed by atoms with E-state index in [1.165, 1.54) is 24.9 Å². The molecule has 0 saturated carbocycles. The van der Waals surface area contributed by atoms with Gasteiger partial charge in [0.25, 0.3) is 0 Å². The van der Waals surface area contributed by atoms with Crippen molar-refractivity contribution in [2.75, 3.05) is 40.3 Å². The van der Waals surface area contributed by atoms with Gasteiger partial charge in [0, 0.05) is 26.7 Å². The maximum atomic E-state index is 11.9. The van der Waals surface area contributed by atoms with Crippen LogP contribution in [0.4, 0.5) is 0 Å². The molecule has 7 heteroatoms. The van der Waals surface area contributed by atoms with E-state index in [-0.39, 0.29) is 36.4 Å². The summed E-state index contributed by atoms with van der Waals surface area (Å²) in [5, 5.41) is 6.60. The highest BCUT2D eigenvalue weighted by Gasteiger charge is 2.22. The molecular formula is C20H34IN5O. The molecule has 0 bridgehead atoms. The first-order chi connectivity index (χ1) is 12.5. The van der Waals surface area contributed by atoms with Crippen LogP contribution in [0.25, 0.3) is 0 Å². The van der Waals surface area contributed by atoms with Crippen molar-refractivity contribution in [3.8, 4) is 0 Å². The number of aryl methyl sites for hydroxylation is 1. The molecule has 27 heavy (non-hydrogen) atoms. The number of likely N-dealkylation sites (N-methyl/N-ethyl adjacent to an activating group) is 2. The van der Waals surface area contributed by atoms with E-state index in [0.717, 1.165) is 18.7 Å². The van der Waals surface area contributed by atoms with Crippen molar-refractivity contribution in [1.82, 2.24) is 20.4 Å². The number of guanidine groups is 1. The van der Waals surface area contributed by atoms with Gasteiger partial charge < -0.3 is 15.5 Å². The van der Waals surface area contributed by atoms with Crippen LogP contribution in [0.5, 0.6) is 0 Å². The number of amides is 1. The number of hydrogen-bond donors (Lipinski definition) is 2. The van der Waals surface area contributed by atoms with Crippen molar-refractivity contribution in [2.45, 2.75) is 39.3 Å². The number of rotatable bonds is 7. The molecule has 0 aliphatic carbocycles. The van der Waals surface area contributed by atoms with Crippen LogP contribution in [0.2, 0.25) is 0 Å². The highest BCUT2D eigenvalue weighted by atomic mass is 127. The first-order valence-electron chi connectivity index (χ1n) is 9.51. The number of aliphatic imine (C=N–C) groups is 1. The summed E-state index contributed by atoms with van der Waals surface area (Å²) < 4.78 is 0. The highest BCUT2D eigenvalue weighted by molar-refractivity contribution is 14.0. The molecule has 1 saturated heterocycles. The van der Waals surface area contributed by atoms with E-state index in [4.69, 9.17) is 0 Å². The molecule has 1 atom stereocenters. The van der Waals surface area contributed by atoms with E-state index < -0.39 is 0 Å². The lowest BCUT2D eigenvalue weighted by Crippen LogP contribution is -2.47. The summed E-state index contributed by atoms with van der Waals surface area (Å²) in [5.41, 5.74) is 2.40. The minimum absolute atomic E-state index is 0. The lowest BCUT2D eigenvalue weighted by Gasteiger charge is -2.24. The Morgan fingerprint density at radius 1 is 1.26 bits per heavy atom. The molecule has 2 N–H and O–H groups in total. The molecule has 0 aromatic heterocycles. The van der Waals surface area contributed by atoms with Gasteiger partial charge in [-0.3, -0.25) is 9.69 Å². The van der Waals surface area contributed by atoms with Gasteiger partial charge in [0.2, 0.25) is 5.91 Å². The van der Waals surface area contributed by atoms with Gasteiger partial charge in [-0.1, -0.05) is 36.8 Å². The molecule has 1 aliphatic rings. The van der Waals surface area contributed by atoms with Gasteiger partial charge in [0.1, 0.15) is 0 Å². The average Bonchev–Trinajstić information content (AvgIpc) is 3.09. The zero-order valence-corrected chi connectivity index (χ0v) is 19.3. The SMILES string of the molecule is CCN1CCCC1CNC(=NCc1ccc(C)cc1)NCC(=O)N(C)C.I. The predicted octanol–water partition coefficient (Wildman–Crippen LogP) is 2.22. The Morgan fingerprint density at radius 2 is 1.96 bits per heavy atom. The van der Waals surface area contributed by atoms with E-state index in [2.05, 4.69) is 58.6 Å². The molecular weight excluding hydrogens is 453 g/mol. The first-order valence-corrected chi connectivity index (χ1v) is 9.51. The molecule has 0 spiro atoms. The number of likely N-dealkylation sites (tertiary alicyclic amines) is 1. The molecule has 0 radical (unpaired) electrons. The lowest BCUT2D eigenvalue weighted by atomic mass is 10.1. The van der Waals surface area contributed by atoms with E-state index in [1.807, 2.05) is 0 Å². The number of carbonyl (C=O) groups excluding carboxylic acids is 1. The van der Waals surface area contributed by atoms with E-state index in [9.17, 15) is 4.79 Å². The number of benzene rings is 1. The second kappa shape index (κ2) is 12.2. The zero-order valence-electron chi connectivity index (χ0n) is 17.0. The fourth-order valence-corrected chi connectivity index (χ4v) is 3.11. The van der Waals surface area contributed by atoms with Crippen LogP contribution in [0.15, 0.2) is 29.3 Å². The van der Waals surface area contributed by atoms with Gasteiger partial charge >= 0.3 is 0 Å². The van der Waals surface area contributed by atoms with Gasteiger partial charge in [-0.25, -0.2) is 4.99 Å². The van der Waals surface area contributed by atoms with Gasteiger partial charge in [0.05, 0.1) is 13.1 Å². The monoisotopic (exact) mass is 487 g/mol. The van der Waals surface area contributed by atoms with Crippen LogP contribution < -0.4 is 10.6 Å². The summed E-state index contributed by atoms with van der Waals surface area (Å²) in [7, 11) is 3.52. The molecule has 6 nitrogen and oxygen atoms in total. The fourth-order valence-electron chi connectivity index (χ4n) is 3.11. The molecule has 1 heterocycles. The molecule has 1 amide bonds.